The molecule has 7 rings (SSSR count). The van der Waals surface area contributed by atoms with E-state index in [1.807, 2.05) is 74.5 Å². The fraction of sp³-hybridized carbons (Fsp3) is 0.132. The molecule has 5 heteroatoms. The van der Waals surface area contributed by atoms with E-state index in [1.165, 1.54) is 6.07 Å². The molecule has 3 aromatic carbocycles. The molecule has 43 heavy (non-hydrogen) atoms. The van der Waals surface area contributed by atoms with Gasteiger partial charge in [0.1, 0.15) is 0 Å². The summed E-state index contributed by atoms with van der Waals surface area (Å²) >= 11 is 0. The minimum absolute atomic E-state index is 0. The topological polar surface area (TPSA) is 51.8 Å². The molecule has 0 bridgehead atoms. The summed E-state index contributed by atoms with van der Waals surface area (Å²) in [5.74, 6) is -0.792. The molecule has 0 fully saturated rings. The maximum absolute atomic E-state index is 8.63. The van der Waals surface area contributed by atoms with Crippen LogP contribution < -0.4 is 0 Å². The molecule has 0 spiro atoms. The van der Waals surface area contributed by atoms with Crippen LogP contribution in [0, 0.1) is 12.1 Å². The maximum Gasteiger partial charge on any atom is 0.216 e. The Labute approximate surface area is 273 Å². The summed E-state index contributed by atoms with van der Waals surface area (Å²) in [5.41, 5.74) is 4.95. The molecule has 4 nitrogen and oxygen atoms in total. The molecule has 0 unspecified atom stereocenters. The van der Waals surface area contributed by atoms with Gasteiger partial charge in [0.25, 0.3) is 0 Å². The Balaban J connectivity index is 0.000000291. The molecule has 0 saturated heterocycles. The molecule has 4 aromatic heterocycles. The first-order valence-corrected chi connectivity index (χ1v) is 13.6. The number of fused-ring (bicyclic) bond motifs is 3. The van der Waals surface area contributed by atoms with E-state index < -0.39 is 18.6 Å². The van der Waals surface area contributed by atoms with E-state index in [2.05, 4.69) is 27.1 Å². The van der Waals surface area contributed by atoms with Crippen LogP contribution in [0.1, 0.15) is 43.4 Å². The second-order valence-electron chi connectivity index (χ2n) is 9.78. The van der Waals surface area contributed by atoms with Crippen LogP contribution in [0.4, 0.5) is 0 Å². The molecule has 215 valence electrons. The quantitative estimate of drug-likeness (QED) is 0.160. The van der Waals surface area contributed by atoms with Gasteiger partial charge in [-0.1, -0.05) is 78.9 Å². The van der Waals surface area contributed by atoms with Crippen LogP contribution in [0.3, 0.4) is 0 Å². The number of hydrogen-bond acceptors (Lipinski definition) is 4. The summed E-state index contributed by atoms with van der Waals surface area (Å²) in [5, 5.41) is 1.46. The van der Waals surface area contributed by atoms with Crippen molar-refractivity contribution in [3.63, 3.8) is 0 Å². The van der Waals surface area contributed by atoms with Gasteiger partial charge in [0, 0.05) is 50.4 Å². The predicted molar refractivity (Wildman–Crippen MR) is 170 cm³/mol. The van der Waals surface area contributed by atoms with Gasteiger partial charge in [0.05, 0.1) is 5.58 Å². The minimum atomic E-state index is -2.41. The van der Waals surface area contributed by atoms with Crippen molar-refractivity contribution < 1.29 is 31.4 Å². The minimum Gasteiger partial charge on any atom is -0.486 e. The molecule has 0 saturated carbocycles. The van der Waals surface area contributed by atoms with Crippen LogP contribution in [-0.4, -0.2) is 15.0 Å². The van der Waals surface area contributed by atoms with Crippen LogP contribution >= 0.6 is 0 Å². The third kappa shape index (κ3) is 7.14. The molecule has 7 aromatic rings. The zero-order valence-electron chi connectivity index (χ0n) is 28.6. The van der Waals surface area contributed by atoms with Gasteiger partial charge in [-0.05, 0) is 59.9 Å². The van der Waals surface area contributed by atoms with E-state index in [-0.39, 0.29) is 37.1 Å². The van der Waals surface area contributed by atoms with Crippen LogP contribution in [0.25, 0.3) is 44.6 Å². The summed E-state index contributed by atoms with van der Waals surface area (Å²) in [6, 6.07) is 38.8. The van der Waals surface area contributed by atoms with Crippen molar-refractivity contribution in [3.05, 3.63) is 151 Å². The summed E-state index contributed by atoms with van der Waals surface area (Å²) in [6.07, 6.45) is -1.28. The average Bonchev–Trinajstić information content (AvgIpc) is 3.48. The summed E-state index contributed by atoms with van der Waals surface area (Å²) < 4.78 is 48.8. The van der Waals surface area contributed by atoms with Gasteiger partial charge >= 0.3 is 0 Å². The fourth-order valence-corrected chi connectivity index (χ4v) is 4.49. The average molecular weight is 743 g/mol. The van der Waals surface area contributed by atoms with Crippen LogP contribution in [0.15, 0.2) is 126 Å². The third-order valence-electron chi connectivity index (χ3n) is 6.65. The maximum atomic E-state index is 8.63. The van der Waals surface area contributed by atoms with Crippen molar-refractivity contribution in [2.24, 2.45) is 0 Å². The van der Waals surface area contributed by atoms with E-state index in [0.29, 0.717) is 22.2 Å². The smallest absolute Gasteiger partial charge is 0.216 e. The molecular weight excluding hydrogens is 707 g/mol. The summed E-state index contributed by atoms with van der Waals surface area (Å²) in [7, 11) is 0. The van der Waals surface area contributed by atoms with Gasteiger partial charge in [0.2, 0.25) is 5.71 Å². The van der Waals surface area contributed by atoms with E-state index in [9.17, 15) is 0 Å². The van der Waals surface area contributed by atoms with Gasteiger partial charge in [-0.15, -0.1) is 54.1 Å². The number of rotatable bonds is 6. The first-order chi connectivity index (χ1) is 22.5. The number of furan rings is 1. The molecule has 0 aliphatic heterocycles. The fourth-order valence-electron chi connectivity index (χ4n) is 4.49. The summed E-state index contributed by atoms with van der Waals surface area (Å²) in [4.78, 5) is 13.1. The van der Waals surface area contributed by atoms with Gasteiger partial charge in [0.15, 0.2) is 0 Å². The Bertz CT molecular complexity index is 2100. The predicted octanol–water partition coefficient (Wildman–Crippen LogP) is 9.30. The molecular formula is C38H31IrN3O-2. The second-order valence-corrected chi connectivity index (χ2v) is 9.78. The van der Waals surface area contributed by atoms with Crippen molar-refractivity contribution in [1.82, 2.24) is 15.0 Å². The van der Waals surface area contributed by atoms with Crippen molar-refractivity contribution >= 4 is 22.1 Å². The molecule has 0 amide bonds. The van der Waals surface area contributed by atoms with Crippen molar-refractivity contribution in [2.45, 2.75) is 32.5 Å². The van der Waals surface area contributed by atoms with Crippen molar-refractivity contribution in [2.75, 3.05) is 0 Å². The first-order valence-electron chi connectivity index (χ1n) is 16.1. The van der Waals surface area contributed by atoms with E-state index >= 15 is 0 Å². The third-order valence-corrected chi connectivity index (χ3v) is 6.65. The molecule has 0 N–H and O–H groups in total. The molecule has 0 atom stereocenters. The molecule has 0 aliphatic carbocycles. The monoisotopic (exact) mass is 743 g/mol. The number of aryl methyl sites for hydroxylation is 2. The first kappa shape index (κ1) is 24.0. The number of pyridine rings is 3. The zero-order valence-corrected chi connectivity index (χ0v) is 26.0. The Kier molecular flexibility index (Phi) is 7.91. The Morgan fingerprint density at radius 2 is 1.58 bits per heavy atom. The van der Waals surface area contributed by atoms with Crippen molar-refractivity contribution in [1.29, 1.82) is 0 Å². The van der Waals surface area contributed by atoms with Crippen LogP contribution in [-0.2, 0) is 32.9 Å². The zero-order chi connectivity index (χ0) is 33.2. The number of hydrogen-bond donors (Lipinski definition) is 0. The normalized spacial score (nSPS) is 13.4. The number of nitrogens with zero attached hydrogens (tertiary/aromatic N) is 3. The second kappa shape index (κ2) is 14.2. The standard InChI is InChI=1S/C27H23N2O.C11H8N.Ir/c1-18(2)20-15-16-28-25(17-20)24-10-6-9-22-23-14-13-21(29-27(23)30-26(22)24)12-11-19-7-4-3-5-8-19;1-2-6-10(7-3-1)11-8-4-5-9-12-11;/h3-9,13-18H,11-12H2,1-2H3;1-6,8-9H;/q2*-1;/i11D2,12D2,18D;;. The van der Waals surface area contributed by atoms with Gasteiger partial charge < -0.3 is 14.4 Å². The molecule has 1 radical (unpaired) electrons. The van der Waals surface area contributed by atoms with E-state index in [4.69, 9.17) is 11.3 Å². The summed E-state index contributed by atoms with van der Waals surface area (Å²) in [6.45, 7) is 3.62. The number of aromatic nitrogens is 3. The largest absolute Gasteiger partial charge is 0.486 e. The SMILES string of the molecule is [2H]C(C)(C)c1ccnc(-c2[c-]ccc3c2oc2nc(C([2H])([2H])C([2H])([2H])c4ccccc4)ccc23)c1.[Ir].[c-]1ccccc1-c1ccccn1. The van der Waals surface area contributed by atoms with E-state index in [0.717, 1.165) is 22.2 Å². The molecule has 0 aliphatic rings. The van der Waals surface area contributed by atoms with Gasteiger partial charge in [-0.3, -0.25) is 0 Å². The Morgan fingerprint density at radius 1 is 0.767 bits per heavy atom. The van der Waals surface area contributed by atoms with Gasteiger partial charge in [-0.2, -0.15) is 0 Å². The van der Waals surface area contributed by atoms with E-state index in [1.54, 1.807) is 54.9 Å². The Morgan fingerprint density at radius 3 is 2.35 bits per heavy atom. The Hall–Kier alpha value is -4.44. The van der Waals surface area contributed by atoms with Crippen LogP contribution in [0.5, 0.6) is 0 Å². The number of benzene rings is 3. The van der Waals surface area contributed by atoms with Crippen LogP contribution in [0.2, 0.25) is 0 Å². The van der Waals surface area contributed by atoms with Crippen molar-refractivity contribution in [3.8, 4) is 22.5 Å². The van der Waals surface area contributed by atoms with Gasteiger partial charge in [-0.25, -0.2) is 4.98 Å². The molecule has 4 heterocycles.